The Bertz CT molecular complexity index is 207. The van der Waals surface area contributed by atoms with Gasteiger partial charge in [0.25, 0.3) is 0 Å². The minimum absolute atomic E-state index is 0.545. The summed E-state index contributed by atoms with van der Waals surface area (Å²) in [7, 11) is 0. The van der Waals surface area contributed by atoms with Gasteiger partial charge in [0.1, 0.15) is 0 Å². The number of nitrogens with one attached hydrogen (secondary N) is 1. The van der Waals surface area contributed by atoms with E-state index >= 15 is 0 Å². The van der Waals surface area contributed by atoms with Gasteiger partial charge in [0.2, 0.25) is 0 Å². The summed E-state index contributed by atoms with van der Waals surface area (Å²) in [6.45, 7) is 3.26. The van der Waals surface area contributed by atoms with Gasteiger partial charge in [-0.15, -0.1) is 0 Å². The SMILES string of the molecule is C1=C(CCNCCC2CCCO2)CCC1. The van der Waals surface area contributed by atoms with Crippen LogP contribution in [0.4, 0.5) is 0 Å². The number of hydrogen-bond donors (Lipinski definition) is 1. The van der Waals surface area contributed by atoms with Crippen LogP contribution in [-0.4, -0.2) is 25.8 Å². The van der Waals surface area contributed by atoms with Gasteiger partial charge >= 0.3 is 0 Å². The third-order valence-electron chi connectivity index (χ3n) is 3.42. The highest BCUT2D eigenvalue weighted by atomic mass is 16.5. The summed E-state index contributed by atoms with van der Waals surface area (Å²) in [4.78, 5) is 0. The van der Waals surface area contributed by atoms with Gasteiger partial charge < -0.3 is 10.1 Å². The molecule has 1 aliphatic heterocycles. The first-order chi connectivity index (χ1) is 7.45. The molecule has 1 heterocycles. The molecule has 2 heteroatoms. The number of allylic oxidation sites excluding steroid dienone is 1. The van der Waals surface area contributed by atoms with E-state index in [1.165, 1.54) is 44.9 Å². The molecule has 1 N–H and O–H groups in total. The zero-order valence-corrected chi connectivity index (χ0v) is 9.63. The summed E-state index contributed by atoms with van der Waals surface area (Å²) in [5.41, 5.74) is 1.67. The Morgan fingerprint density at radius 3 is 3.07 bits per heavy atom. The molecule has 1 saturated heterocycles. The predicted molar refractivity (Wildman–Crippen MR) is 63.0 cm³/mol. The van der Waals surface area contributed by atoms with E-state index in [-0.39, 0.29) is 0 Å². The lowest BCUT2D eigenvalue weighted by Gasteiger charge is -2.10. The molecule has 0 aromatic heterocycles. The maximum Gasteiger partial charge on any atom is 0.0588 e. The minimum atomic E-state index is 0.545. The van der Waals surface area contributed by atoms with E-state index < -0.39 is 0 Å². The summed E-state index contributed by atoms with van der Waals surface area (Å²) >= 11 is 0. The summed E-state index contributed by atoms with van der Waals surface area (Å²) in [6, 6.07) is 0. The maximum absolute atomic E-state index is 5.58. The van der Waals surface area contributed by atoms with Crippen molar-refractivity contribution in [1.82, 2.24) is 5.32 Å². The van der Waals surface area contributed by atoms with Crippen LogP contribution in [0.25, 0.3) is 0 Å². The molecule has 2 rings (SSSR count). The van der Waals surface area contributed by atoms with Crippen LogP contribution in [-0.2, 0) is 4.74 Å². The zero-order chi connectivity index (χ0) is 10.3. The van der Waals surface area contributed by atoms with Crippen molar-refractivity contribution < 1.29 is 4.74 Å². The van der Waals surface area contributed by atoms with Crippen molar-refractivity contribution in [3.05, 3.63) is 11.6 Å². The fourth-order valence-electron chi connectivity index (χ4n) is 2.47. The molecule has 0 saturated carbocycles. The average Bonchev–Trinajstić information content (AvgIpc) is 2.88. The Morgan fingerprint density at radius 1 is 1.33 bits per heavy atom. The molecule has 1 fully saturated rings. The van der Waals surface area contributed by atoms with Gasteiger partial charge in [-0.2, -0.15) is 0 Å². The lowest BCUT2D eigenvalue weighted by Crippen LogP contribution is -2.21. The maximum atomic E-state index is 5.58. The van der Waals surface area contributed by atoms with Gasteiger partial charge in [-0.05, 0) is 58.0 Å². The fourth-order valence-corrected chi connectivity index (χ4v) is 2.47. The monoisotopic (exact) mass is 209 g/mol. The second-order valence-corrected chi connectivity index (χ2v) is 4.68. The first-order valence-electron chi connectivity index (χ1n) is 6.45. The largest absolute Gasteiger partial charge is 0.378 e. The highest BCUT2D eigenvalue weighted by Gasteiger charge is 2.14. The second-order valence-electron chi connectivity index (χ2n) is 4.68. The molecule has 0 spiro atoms. The normalized spacial score (nSPS) is 25.9. The fraction of sp³-hybridized carbons (Fsp3) is 0.846. The molecule has 2 nitrogen and oxygen atoms in total. The molecule has 0 amide bonds. The number of hydrogen-bond acceptors (Lipinski definition) is 2. The molecular weight excluding hydrogens is 186 g/mol. The van der Waals surface area contributed by atoms with Crippen LogP contribution in [0.1, 0.15) is 44.9 Å². The van der Waals surface area contributed by atoms with Crippen molar-refractivity contribution in [2.45, 2.75) is 51.0 Å². The average molecular weight is 209 g/mol. The van der Waals surface area contributed by atoms with Gasteiger partial charge in [0, 0.05) is 6.61 Å². The molecule has 0 aromatic carbocycles. The van der Waals surface area contributed by atoms with Crippen LogP contribution in [0.5, 0.6) is 0 Å². The third kappa shape index (κ3) is 3.96. The van der Waals surface area contributed by atoms with Crippen molar-refractivity contribution >= 4 is 0 Å². The first-order valence-corrected chi connectivity index (χ1v) is 6.45. The predicted octanol–water partition coefficient (Wildman–Crippen LogP) is 2.65. The van der Waals surface area contributed by atoms with Crippen LogP contribution >= 0.6 is 0 Å². The Labute approximate surface area is 93.1 Å². The Kier molecular flexibility index (Phi) is 4.68. The lowest BCUT2D eigenvalue weighted by molar-refractivity contribution is 0.104. The minimum Gasteiger partial charge on any atom is -0.378 e. The molecule has 1 unspecified atom stereocenters. The zero-order valence-electron chi connectivity index (χ0n) is 9.63. The summed E-state index contributed by atoms with van der Waals surface area (Å²) in [6.07, 6.45) is 12.0. The van der Waals surface area contributed by atoms with E-state index in [4.69, 9.17) is 4.74 Å². The van der Waals surface area contributed by atoms with Crippen LogP contribution in [0.15, 0.2) is 11.6 Å². The summed E-state index contributed by atoms with van der Waals surface area (Å²) in [5, 5.41) is 3.52. The third-order valence-corrected chi connectivity index (χ3v) is 3.42. The van der Waals surface area contributed by atoms with Gasteiger partial charge in [-0.3, -0.25) is 0 Å². The molecule has 0 bridgehead atoms. The van der Waals surface area contributed by atoms with E-state index in [0.717, 1.165) is 19.7 Å². The van der Waals surface area contributed by atoms with E-state index in [1.807, 2.05) is 0 Å². The van der Waals surface area contributed by atoms with Gasteiger partial charge in [0.05, 0.1) is 6.10 Å². The van der Waals surface area contributed by atoms with Crippen molar-refractivity contribution in [2.75, 3.05) is 19.7 Å². The smallest absolute Gasteiger partial charge is 0.0588 e. The second kappa shape index (κ2) is 6.29. The molecule has 0 radical (unpaired) electrons. The van der Waals surface area contributed by atoms with E-state index in [1.54, 1.807) is 5.57 Å². The van der Waals surface area contributed by atoms with Crippen molar-refractivity contribution in [3.8, 4) is 0 Å². The van der Waals surface area contributed by atoms with Crippen molar-refractivity contribution in [1.29, 1.82) is 0 Å². The first kappa shape index (κ1) is 11.2. The topological polar surface area (TPSA) is 21.3 Å². The Balaban J connectivity index is 1.44. The van der Waals surface area contributed by atoms with E-state index in [9.17, 15) is 0 Å². The van der Waals surface area contributed by atoms with E-state index in [0.29, 0.717) is 6.10 Å². The molecule has 2 aliphatic rings. The van der Waals surface area contributed by atoms with E-state index in [2.05, 4.69) is 11.4 Å². The summed E-state index contributed by atoms with van der Waals surface area (Å²) < 4.78 is 5.58. The molecule has 0 aromatic rings. The van der Waals surface area contributed by atoms with Crippen LogP contribution in [0, 0.1) is 0 Å². The standard InChI is InChI=1S/C13H23NO/c1-2-5-12(4-1)7-9-14-10-8-13-6-3-11-15-13/h4,13-14H,1-3,5-11H2. The van der Waals surface area contributed by atoms with Crippen molar-refractivity contribution in [3.63, 3.8) is 0 Å². The molecular formula is C13H23NO. The molecule has 1 atom stereocenters. The quantitative estimate of drug-likeness (QED) is 0.536. The number of ether oxygens (including phenoxy) is 1. The number of rotatable bonds is 6. The van der Waals surface area contributed by atoms with Crippen molar-refractivity contribution in [2.24, 2.45) is 0 Å². The van der Waals surface area contributed by atoms with Crippen LogP contribution in [0.3, 0.4) is 0 Å². The van der Waals surface area contributed by atoms with Gasteiger partial charge in [-0.25, -0.2) is 0 Å². The Morgan fingerprint density at radius 2 is 2.33 bits per heavy atom. The van der Waals surface area contributed by atoms with Crippen LogP contribution in [0.2, 0.25) is 0 Å². The molecule has 15 heavy (non-hydrogen) atoms. The van der Waals surface area contributed by atoms with Gasteiger partial charge in [-0.1, -0.05) is 11.6 Å². The highest BCUT2D eigenvalue weighted by molar-refractivity contribution is 5.07. The van der Waals surface area contributed by atoms with Gasteiger partial charge in [0.15, 0.2) is 0 Å². The highest BCUT2D eigenvalue weighted by Crippen LogP contribution is 2.19. The lowest BCUT2D eigenvalue weighted by atomic mass is 10.1. The molecule has 86 valence electrons. The van der Waals surface area contributed by atoms with Crippen LogP contribution < -0.4 is 5.32 Å². The Hall–Kier alpha value is -0.340. The summed E-state index contributed by atoms with van der Waals surface area (Å²) in [5.74, 6) is 0. The molecule has 1 aliphatic carbocycles.